The normalized spacial score (nSPS) is 11.2. The van der Waals surface area contributed by atoms with Crippen molar-refractivity contribution in [3.63, 3.8) is 0 Å². The number of halogens is 2. The van der Waals surface area contributed by atoms with Gasteiger partial charge in [-0.05, 0) is 6.08 Å². The lowest BCUT2D eigenvalue weighted by Gasteiger charge is -1.75. The van der Waals surface area contributed by atoms with E-state index in [9.17, 15) is 4.39 Å². The second-order valence-electron chi connectivity index (χ2n) is 0.973. The molecule has 0 spiro atoms. The monoisotopic (exact) mass is 133 g/mol. The van der Waals surface area contributed by atoms with Crippen LogP contribution in [0.4, 0.5) is 4.39 Å². The highest BCUT2D eigenvalue weighted by Gasteiger charge is 1.70. The van der Waals surface area contributed by atoms with Crippen LogP contribution in [0.1, 0.15) is 0 Å². The van der Waals surface area contributed by atoms with Gasteiger partial charge in [0.05, 0.1) is 6.33 Å². The molecule has 0 atom stereocenters. The molecular formula is C5H5ClFN. The zero-order chi connectivity index (χ0) is 6.41. The van der Waals surface area contributed by atoms with Crippen LogP contribution in [0.3, 0.4) is 0 Å². The second-order valence-corrected chi connectivity index (χ2v) is 1.41. The molecule has 0 aromatic carbocycles. The van der Waals surface area contributed by atoms with Gasteiger partial charge in [0.15, 0.2) is 0 Å². The summed E-state index contributed by atoms with van der Waals surface area (Å²) in [5.41, 5.74) is 0. The Bertz CT molecular complexity index is 128. The molecule has 0 aliphatic carbocycles. The number of nitrogens with zero attached hydrogens (tertiary/aromatic N) is 1. The van der Waals surface area contributed by atoms with Crippen molar-refractivity contribution < 1.29 is 4.39 Å². The van der Waals surface area contributed by atoms with Crippen LogP contribution in [0.25, 0.3) is 0 Å². The molecule has 1 nitrogen and oxygen atoms in total. The van der Waals surface area contributed by atoms with E-state index in [1.807, 2.05) is 0 Å². The molecule has 3 heteroatoms. The summed E-state index contributed by atoms with van der Waals surface area (Å²) < 4.78 is 11.1. The molecule has 0 amide bonds. The van der Waals surface area contributed by atoms with Gasteiger partial charge in [-0.25, -0.2) is 9.38 Å². The third-order valence-electron chi connectivity index (χ3n) is 0.373. The van der Waals surface area contributed by atoms with Gasteiger partial charge in [-0.1, -0.05) is 18.2 Å². The maximum atomic E-state index is 11.1. The van der Waals surface area contributed by atoms with Crippen LogP contribution in [0.15, 0.2) is 29.1 Å². The van der Waals surface area contributed by atoms with E-state index >= 15 is 0 Å². The number of aliphatic imine (C=N–C) groups is 1. The lowest BCUT2D eigenvalue weighted by atomic mass is 10.7. The van der Waals surface area contributed by atoms with Crippen molar-refractivity contribution >= 4 is 17.8 Å². The summed E-state index contributed by atoms with van der Waals surface area (Å²) in [6.07, 6.45) is 2.70. The summed E-state index contributed by atoms with van der Waals surface area (Å²) in [7, 11) is 0. The Kier molecular flexibility index (Phi) is 4.17. The molecule has 0 aliphatic heterocycles. The Morgan fingerprint density at radius 3 is 2.75 bits per heavy atom. The lowest BCUT2D eigenvalue weighted by molar-refractivity contribution is 0.723. The second kappa shape index (κ2) is 4.53. The smallest absolute Gasteiger partial charge is 0.121 e. The average molecular weight is 134 g/mol. The van der Waals surface area contributed by atoms with Gasteiger partial charge in [0.2, 0.25) is 0 Å². The molecule has 0 N–H and O–H groups in total. The van der Waals surface area contributed by atoms with Gasteiger partial charge in [0.1, 0.15) is 5.16 Å². The summed E-state index contributed by atoms with van der Waals surface area (Å²) in [6.45, 7) is 3.24. The maximum Gasteiger partial charge on any atom is 0.121 e. The first-order chi connectivity index (χ1) is 3.77. The fraction of sp³-hybridized carbons (Fsp3) is 0. The minimum atomic E-state index is 0.142. The van der Waals surface area contributed by atoms with Crippen molar-refractivity contribution in [1.29, 1.82) is 0 Å². The largest absolute Gasteiger partial charge is 0.245 e. The lowest BCUT2D eigenvalue weighted by Crippen LogP contribution is -1.61. The van der Waals surface area contributed by atoms with Crippen molar-refractivity contribution in [2.75, 3.05) is 0 Å². The van der Waals surface area contributed by atoms with Crippen molar-refractivity contribution in [3.05, 3.63) is 24.1 Å². The number of allylic oxidation sites excluding steroid dienone is 1. The van der Waals surface area contributed by atoms with E-state index in [-0.39, 0.29) is 5.16 Å². The van der Waals surface area contributed by atoms with Gasteiger partial charge >= 0.3 is 0 Å². The minimum Gasteiger partial charge on any atom is -0.245 e. The summed E-state index contributed by atoms with van der Waals surface area (Å²) in [5, 5.41) is 0.142. The van der Waals surface area contributed by atoms with E-state index in [1.165, 1.54) is 6.21 Å². The van der Waals surface area contributed by atoms with Crippen molar-refractivity contribution in [3.8, 4) is 0 Å². The zero-order valence-electron chi connectivity index (χ0n) is 4.14. The first-order valence-electron chi connectivity index (χ1n) is 1.91. The van der Waals surface area contributed by atoms with E-state index in [0.717, 1.165) is 6.08 Å². The summed E-state index contributed by atoms with van der Waals surface area (Å²) in [6, 6.07) is 0. The Balaban J connectivity index is 3.50. The topological polar surface area (TPSA) is 12.4 Å². The third-order valence-corrected chi connectivity index (χ3v) is 0.471. The van der Waals surface area contributed by atoms with Crippen LogP contribution in [0, 0.1) is 0 Å². The predicted octanol–water partition coefficient (Wildman–Crippen LogP) is 2.25. The van der Waals surface area contributed by atoms with Crippen LogP contribution in [0.2, 0.25) is 0 Å². The Hall–Kier alpha value is -0.630. The average Bonchev–Trinajstić information content (AvgIpc) is 1.66. The molecule has 0 rings (SSSR count). The fourth-order valence-electron chi connectivity index (χ4n) is 0.156. The van der Waals surface area contributed by atoms with Gasteiger partial charge in [0, 0.05) is 6.21 Å². The first-order valence-corrected chi connectivity index (χ1v) is 2.29. The van der Waals surface area contributed by atoms with E-state index in [1.54, 1.807) is 0 Å². The van der Waals surface area contributed by atoms with Gasteiger partial charge in [-0.15, -0.1) is 0 Å². The molecule has 0 unspecified atom stereocenters. The fourth-order valence-corrected chi connectivity index (χ4v) is 0.213. The van der Waals surface area contributed by atoms with Gasteiger partial charge in [-0.3, -0.25) is 0 Å². The molecule has 0 heterocycles. The molecular weight excluding hydrogens is 129 g/mol. The molecule has 0 fully saturated rings. The number of rotatable bonds is 2. The summed E-state index contributed by atoms with van der Waals surface area (Å²) in [4.78, 5) is 3.43. The van der Waals surface area contributed by atoms with Crippen molar-refractivity contribution in [1.82, 2.24) is 0 Å². The highest BCUT2D eigenvalue weighted by Crippen LogP contribution is 1.94. The van der Waals surface area contributed by atoms with Crippen LogP contribution in [0.5, 0.6) is 0 Å². The Morgan fingerprint density at radius 1 is 1.75 bits per heavy atom. The summed E-state index contributed by atoms with van der Waals surface area (Å²) in [5.74, 6) is 0. The molecule has 0 aliphatic rings. The quantitative estimate of drug-likeness (QED) is 0.405. The van der Waals surface area contributed by atoms with Crippen molar-refractivity contribution in [2.24, 2.45) is 4.99 Å². The molecule has 0 saturated heterocycles. The van der Waals surface area contributed by atoms with Crippen LogP contribution < -0.4 is 0 Å². The molecule has 0 aromatic rings. The van der Waals surface area contributed by atoms with Gasteiger partial charge in [-0.2, -0.15) is 0 Å². The van der Waals surface area contributed by atoms with Gasteiger partial charge in [0.25, 0.3) is 0 Å². The molecule has 0 radical (unpaired) electrons. The molecule has 44 valence electrons. The summed E-state index contributed by atoms with van der Waals surface area (Å²) >= 11 is 5.16. The Morgan fingerprint density at radius 2 is 2.38 bits per heavy atom. The van der Waals surface area contributed by atoms with Crippen LogP contribution in [-0.4, -0.2) is 6.21 Å². The van der Waals surface area contributed by atoms with E-state index in [0.29, 0.717) is 6.33 Å². The van der Waals surface area contributed by atoms with E-state index in [2.05, 4.69) is 11.6 Å². The first kappa shape index (κ1) is 7.37. The predicted molar refractivity (Wildman–Crippen MR) is 33.7 cm³/mol. The van der Waals surface area contributed by atoms with E-state index < -0.39 is 0 Å². The third kappa shape index (κ3) is 5.37. The molecule has 8 heavy (non-hydrogen) atoms. The highest BCUT2D eigenvalue weighted by molar-refractivity contribution is 6.29. The minimum absolute atomic E-state index is 0.142. The standard InChI is InChI=1S/C5H5ClFN/c1-5(6)8-4-2-3-7/h2-4H,1H2/b3-2-,8-4-. The highest BCUT2D eigenvalue weighted by atomic mass is 35.5. The molecule has 0 bridgehead atoms. The molecule has 0 aromatic heterocycles. The van der Waals surface area contributed by atoms with E-state index in [4.69, 9.17) is 11.6 Å². The SMILES string of the molecule is C=C(Cl)/N=C\C=C/F. The Labute approximate surface area is 52.2 Å². The zero-order valence-corrected chi connectivity index (χ0v) is 4.90. The number of hydrogen-bond donors (Lipinski definition) is 0. The molecule has 0 saturated carbocycles. The maximum absolute atomic E-state index is 11.1. The number of hydrogen-bond acceptors (Lipinski definition) is 1. The van der Waals surface area contributed by atoms with Crippen LogP contribution >= 0.6 is 11.6 Å². The van der Waals surface area contributed by atoms with Crippen LogP contribution in [-0.2, 0) is 0 Å². The van der Waals surface area contributed by atoms with Gasteiger partial charge < -0.3 is 0 Å². The van der Waals surface area contributed by atoms with Crippen molar-refractivity contribution in [2.45, 2.75) is 0 Å².